The van der Waals surface area contributed by atoms with Gasteiger partial charge in [-0.15, -0.1) is 0 Å². The molecule has 2 rings (SSSR count). The smallest absolute Gasteiger partial charge is 0.293 e. The Balaban J connectivity index is 2.65. The average Bonchev–Trinajstić information content (AvgIpc) is 2.46. The molecule has 0 atom stereocenters. The summed E-state index contributed by atoms with van der Waals surface area (Å²) >= 11 is 0. The highest BCUT2D eigenvalue weighted by Gasteiger charge is 2.16. The van der Waals surface area contributed by atoms with Crippen molar-refractivity contribution in [2.75, 3.05) is 21.3 Å². The van der Waals surface area contributed by atoms with Crippen LogP contribution in [-0.2, 0) is 0 Å². The van der Waals surface area contributed by atoms with Crippen molar-refractivity contribution in [3.8, 4) is 28.5 Å². The van der Waals surface area contributed by atoms with Gasteiger partial charge in [0.25, 0.3) is 5.56 Å². The molecule has 1 heterocycles. The number of hydrogen-bond donors (Lipinski definition) is 1. The summed E-state index contributed by atoms with van der Waals surface area (Å²) in [4.78, 5) is 18.3. The van der Waals surface area contributed by atoms with Gasteiger partial charge in [0, 0.05) is 11.6 Å². The zero-order chi connectivity index (χ0) is 13.8. The van der Waals surface area contributed by atoms with E-state index in [1.165, 1.54) is 20.5 Å². The van der Waals surface area contributed by atoms with Crippen LogP contribution in [0.4, 0.5) is 0 Å². The van der Waals surface area contributed by atoms with E-state index in [1.54, 1.807) is 25.3 Å². The molecule has 2 aromatic rings. The first kappa shape index (κ1) is 12.9. The minimum Gasteiger partial charge on any atom is -0.497 e. The Morgan fingerprint density at radius 3 is 2.53 bits per heavy atom. The number of H-pyrrole nitrogens is 1. The molecule has 1 aromatic carbocycles. The van der Waals surface area contributed by atoms with Crippen LogP contribution in [0.15, 0.2) is 29.3 Å². The van der Waals surface area contributed by atoms with Crippen molar-refractivity contribution in [2.24, 2.45) is 0 Å². The highest BCUT2D eigenvalue weighted by Crippen LogP contribution is 2.35. The molecular formula is C13H14N2O4. The van der Waals surface area contributed by atoms with Gasteiger partial charge < -0.3 is 19.2 Å². The number of nitrogens with one attached hydrogen (secondary N) is 1. The molecule has 0 spiro atoms. The van der Waals surface area contributed by atoms with Gasteiger partial charge in [-0.3, -0.25) is 4.79 Å². The van der Waals surface area contributed by atoms with Crippen molar-refractivity contribution in [2.45, 2.75) is 0 Å². The van der Waals surface area contributed by atoms with Crippen molar-refractivity contribution in [1.82, 2.24) is 9.97 Å². The fourth-order valence-electron chi connectivity index (χ4n) is 1.76. The van der Waals surface area contributed by atoms with Gasteiger partial charge >= 0.3 is 0 Å². The number of aromatic nitrogens is 2. The third kappa shape index (κ3) is 2.37. The van der Waals surface area contributed by atoms with Gasteiger partial charge in [0.15, 0.2) is 0 Å². The second kappa shape index (κ2) is 5.43. The van der Waals surface area contributed by atoms with Gasteiger partial charge in [0.1, 0.15) is 17.2 Å². The summed E-state index contributed by atoms with van der Waals surface area (Å²) in [7, 11) is 4.53. The molecule has 100 valence electrons. The Labute approximate surface area is 110 Å². The van der Waals surface area contributed by atoms with E-state index in [4.69, 9.17) is 14.2 Å². The molecule has 0 unspecified atom stereocenters. The lowest BCUT2D eigenvalue weighted by Crippen LogP contribution is -2.11. The predicted molar refractivity (Wildman–Crippen MR) is 69.9 cm³/mol. The lowest BCUT2D eigenvalue weighted by molar-refractivity contribution is 0.393. The second-order valence-corrected chi connectivity index (χ2v) is 3.68. The summed E-state index contributed by atoms with van der Waals surface area (Å²) in [5.74, 6) is 1.35. The number of aromatic amines is 1. The molecule has 1 N–H and O–H groups in total. The van der Waals surface area contributed by atoms with E-state index in [2.05, 4.69) is 9.97 Å². The summed E-state index contributed by atoms with van der Waals surface area (Å²) in [5, 5.41) is 0. The van der Waals surface area contributed by atoms with E-state index in [0.717, 1.165) is 0 Å². The van der Waals surface area contributed by atoms with Gasteiger partial charge in [-0.2, -0.15) is 0 Å². The number of hydrogen-bond acceptors (Lipinski definition) is 5. The summed E-state index contributed by atoms with van der Waals surface area (Å²) in [5.41, 5.74) is 0.738. The molecule has 1 aromatic heterocycles. The molecule has 0 amide bonds. The van der Waals surface area contributed by atoms with E-state index in [0.29, 0.717) is 22.8 Å². The SMILES string of the molecule is COc1ccc(-c2nc[nH]c(=O)c2OC)c(OC)c1. The Kier molecular flexibility index (Phi) is 3.70. The minimum absolute atomic E-state index is 0.144. The van der Waals surface area contributed by atoms with Crippen LogP contribution in [0.5, 0.6) is 17.2 Å². The quantitative estimate of drug-likeness (QED) is 0.903. The molecule has 0 fully saturated rings. The number of nitrogens with zero attached hydrogens (tertiary/aromatic N) is 1. The lowest BCUT2D eigenvalue weighted by atomic mass is 10.1. The standard InChI is InChI=1S/C13H14N2O4/c1-17-8-4-5-9(10(6-8)18-2)11-12(19-3)13(16)15-7-14-11/h4-7H,1-3H3,(H,14,15,16). The molecule has 0 aliphatic carbocycles. The van der Waals surface area contributed by atoms with E-state index >= 15 is 0 Å². The van der Waals surface area contributed by atoms with Crippen LogP contribution < -0.4 is 19.8 Å². The van der Waals surface area contributed by atoms with E-state index in [9.17, 15) is 4.79 Å². The molecule has 0 bridgehead atoms. The molecule has 0 aliphatic rings. The van der Waals surface area contributed by atoms with E-state index < -0.39 is 0 Å². The summed E-state index contributed by atoms with van der Waals surface area (Å²) < 4.78 is 15.5. The Hall–Kier alpha value is -2.50. The monoisotopic (exact) mass is 262 g/mol. The van der Waals surface area contributed by atoms with Crippen LogP contribution >= 0.6 is 0 Å². The fourth-order valence-corrected chi connectivity index (χ4v) is 1.76. The van der Waals surface area contributed by atoms with Gasteiger partial charge in [0.05, 0.1) is 27.7 Å². The van der Waals surface area contributed by atoms with Crippen LogP contribution in [-0.4, -0.2) is 31.3 Å². The minimum atomic E-state index is -0.342. The van der Waals surface area contributed by atoms with E-state index in [1.807, 2.05) is 0 Å². The topological polar surface area (TPSA) is 73.4 Å². The van der Waals surface area contributed by atoms with Crippen LogP contribution in [0.1, 0.15) is 0 Å². The van der Waals surface area contributed by atoms with Gasteiger partial charge in [-0.25, -0.2) is 4.98 Å². The molecule has 6 heteroatoms. The highest BCUT2D eigenvalue weighted by atomic mass is 16.5. The van der Waals surface area contributed by atoms with Crippen molar-refractivity contribution in [3.05, 3.63) is 34.9 Å². The molecular weight excluding hydrogens is 248 g/mol. The molecule has 0 saturated carbocycles. The number of rotatable bonds is 4. The van der Waals surface area contributed by atoms with Crippen LogP contribution in [0.2, 0.25) is 0 Å². The van der Waals surface area contributed by atoms with Crippen LogP contribution in [0.3, 0.4) is 0 Å². The first-order chi connectivity index (χ1) is 9.21. The first-order valence-corrected chi connectivity index (χ1v) is 5.55. The Bertz CT molecular complexity index is 637. The van der Waals surface area contributed by atoms with Crippen molar-refractivity contribution < 1.29 is 14.2 Å². The van der Waals surface area contributed by atoms with Crippen LogP contribution in [0.25, 0.3) is 11.3 Å². The predicted octanol–water partition coefficient (Wildman–Crippen LogP) is 1.46. The first-order valence-electron chi connectivity index (χ1n) is 5.55. The molecule has 6 nitrogen and oxygen atoms in total. The molecule has 0 aliphatic heterocycles. The molecule has 0 radical (unpaired) electrons. The molecule has 0 saturated heterocycles. The van der Waals surface area contributed by atoms with Crippen LogP contribution in [0, 0.1) is 0 Å². The van der Waals surface area contributed by atoms with Gasteiger partial charge in [0.2, 0.25) is 5.75 Å². The maximum Gasteiger partial charge on any atom is 0.293 e. The Morgan fingerprint density at radius 1 is 1.11 bits per heavy atom. The normalized spacial score (nSPS) is 10.1. The Morgan fingerprint density at radius 2 is 1.89 bits per heavy atom. The number of methoxy groups -OCH3 is 3. The largest absolute Gasteiger partial charge is 0.497 e. The number of ether oxygens (including phenoxy) is 3. The third-order valence-electron chi connectivity index (χ3n) is 2.68. The summed E-state index contributed by atoms with van der Waals surface area (Å²) in [6, 6.07) is 5.25. The highest BCUT2D eigenvalue weighted by molar-refractivity contribution is 5.72. The van der Waals surface area contributed by atoms with Crippen molar-refractivity contribution in [1.29, 1.82) is 0 Å². The molecule has 19 heavy (non-hydrogen) atoms. The average molecular weight is 262 g/mol. The van der Waals surface area contributed by atoms with E-state index in [-0.39, 0.29) is 11.3 Å². The maximum atomic E-state index is 11.7. The lowest BCUT2D eigenvalue weighted by Gasteiger charge is -2.11. The second-order valence-electron chi connectivity index (χ2n) is 3.68. The van der Waals surface area contributed by atoms with Gasteiger partial charge in [-0.1, -0.05) is 0 Å². The van der Waals surface area contributed by atoms with Crippen molar-refractivity contribution >= 4 is 0 Å². The zero-order valence-electron chi connectivity index (χ0n) is 10.9. The van der Waals surface area contributed by atoms with Gasteiger partial charge in [-0.05, 0) is 12.1 Å². The third-order valence-corrected chi connectivity index (χ3v) is 2.68. The number of benzene rings is 1. The maximum absolute atomic E-state index is 11.7. The van der Waals surface area contributed by atoms with Crippen molar-refractivity contribution in [3.63, 3.8) is 0 Å². The summed E-state index contributed by atoms with van der Waals surface area (Å²) in [6.45, 7) is 0. The fraction of sp³-hybridized carbons (Fsp3) is 0.231. The zero-order valence-corrected chi connectivity index (χ0v) is 10.9. The summed E-state index contributed by atoms with van der Waals surface area (Å²) in [6.07, 6.45) is 1.32.